The van der Waals surface area contributed by atoms with E-state index in [2.05, 4.69) is 15.5 Å². The number of tetrazole rings is 1. The van der Waals surface area contributed by atoms with Crippen LogP contribution >= 0.6 is 0 Å². The molecule has 0 fully saturated rings. The predicted octanol–water partition coefficient (Wildman–Crippen LogP) is 1.35. The lowest BCUT2D eigenvalue weighted by Gasteiger charge is -2.17. The number of rotatable bonds is 4. The lowest BCUT2D eigenvalue weighted by atomic mass is 10.0. The molecule has 8 nitrogen and oxygen atoms in total. The van der Waals surface area contributed by atoms with Gasteiger partial charge < -0.3 is 14.6 Å². The molecule has 0 bridgehead atoms. The third-order valence-corrected chi connectivity index (χ3v) is 3.27. The standard InChI is InChI=1S/C13H14N4O4/c1-7(2)11(13(18)19)17-12(14-15-16-17)8-3-4-9-10(5-8)21-6-20-9/h3-5,7,11H,6H2,1-2H3,(H,18,19). The Labute approximate surface area is 120 Å². The Hall–Kier alpha value is -2.64. The Kier molecular flexibility index (Phi) is 3.20. The molecule has 1 N–H and O–H groups in total. The van der Waals surface area contributed by atoms with Crippen molar-refractivity contribution in [2.45, 2.75) is 19.9 Å². The first-order valence-electron chi connectivity index (χ1n) is 6.48. The largest absolute Gasteiger partial charge is 0.480 e. The smallest absolute Gasteiger partial charge is 0.328 e. The maximum atomic E-state index is 11.4. The van der Waals surface area contributed by atoms with Gasteiger partial charge in [-0.1, -0.05) is 13.8 Å². The van der Waals surface area contributed by atoms with E-state index in [1.807, 2.05) is 13.8 Å². The molecule has 0 aliphatic carbocycles. The molecule has 0 saturated carbocycles. The fourth-order valence-electron chi connectivity index (χ4n) is 2.28. The Balaban J connectivity index is 2.04. The number of carbonyl (C=O) groups is 1. The number of ether oxygens (including phenoxy) is 2. The zero-order valence-corrected chi connectivity index (χ0v) is 11.6. The fraction of sp³-hybridized carbons (Fsp3) is 0.385. The van der Waals surface area contributed by atoms with Crippen molar-refractivity contribution in [1.82, 2.24) is 20.2 Å². The van der Waals surface area contributed by atoms with Crippen molar-refractivity contribution >= 4 is 5.97 Å². The molecule has 1 aliphatic rings. The molecule has 1 aliphatic heterocycles. The number of benzene rings is 1. The fourth-order valence-corrected chi connectivity index (χ4v) is 2.28. The van der Waals surface area contributed by atoms with E-state index in [9.17, 15) is 9.90 Å². The van der Waals surface area contributed by atoms with Crippen LogP contribution in [0.1, 0.15) is 19.9 Å². The second kappa shape index (κ2) is 5.04. The molecule has 0 saturated heterocycles. The van der Waals surface area contributed by atoms with Crippen molar-refractivity contribution in [3.8, 4) is 22.9 Å². The summed E-state index contributed by atoms with van der Waals surface area (Å²) in [5, 5.41) is 20.8. The van der Waals surface area contributed by atoms with Gasteiger partial charge in [0, 0.05) is 5.56 Å². The molecule has 0 spiro atoms. The minimum absolute atomic E-state index is 0.154. The first-order chi connectivity index (χ1) is 10.1. The number of fused-ring (bicyclic) bond motifs is 1. The van der Waals surface area contributed by atoms with Crippen molar-refractivity contribution in [3.63, 3.8) is 0 Å². The summed E-state index contributed by atoms with van der Waals surface area (Å²) in [5.41, 5.74) is 0.677. The highest BCUT2D eigenvalue weighted by Gasteiger charge is 2.28. The van der Waals surface area contributed by atoms with Gasteiger partial charge in [0.1, 0.15) is 0 Å². The van der Waals surface area contributed by atoms with Gasteiger partial charge in [-0.3, -0.25) is 0 Å². The molecular weight excluding hydrogens is 276 g/mol. The van der Waals surface area contributed by atoms with E-state index in [4.69, 9.17) is 9.47 Å². The minimum Gasteiger partial charge on any atom is -0.480 e. The molecule has 2 aromatic rings. The zero-order valence-electron chi connectivity index (χ0n) is 11.6. The second-order valence-electron chi connectivity index (χ2n) is 5.04. The Bertz CT molecular complexity index is 683. The first kappa shape index (κ1) is 13.3. The molecule has 2 heterocycles. The van der Waals surface area contributed by atoms with Crippen LogP contribution < -0.4 is 9.47 Å². The van der Waals surface area contributed by atoms with Crippen molar-refractivity contribution in [3.05, 3.63) is 18.2 Å². The summed E-state index contributed by atoms with van der Waals surface area (Å²) in [6.45, 7) is 3.79. The molecule has 110 valence electrons. The van der Waals surface area contributed by atoms with Gasteiger partial charge in [-0.2, -0.15) is 0 Å². The minimum atomic E-state index is -0.973. The lowest BCUT2D eigenvalue weighted by molar-refractivity contribution is -0.142. The molecule has 21 heavy (non-hydrogen) atoms. The Morgan fingerprint density at radius 3 is 2.81 bits per heavy atom. The first-order valence-corrected chi connectivity index (χ1v) is 6.48. The van der Waals surface area contributed by atoms with Crippen LogP contribution in [0.4, 0.5) is 0 Å². The average Bonchev–Trinajstić information content (AvgIpc) is 3.05. The molecule has 8 heteroatoms. The summed E-state index contributed by atoms with van der Waals surface area (Å²) in [7, 11) is 0. The van der Waals surface area contributed by atoms with Gasteiger partial charge in [0.05, 0.1) is 0 Å². The number of carboxylic acids is 1. The van der Waals surface area contributed by atoms with E-state index in [0.717, 1.165) is 0 Å². The van der Waals surface area contributed by atoms with Gasteiger partial charge in [0.2, 0.25) is 6.79 Å². The van der Waals surface area contributed by atoms with Crippen molar-refractivity contribution in [2.75, 3.05) is 6.79 Å². The number of aliphatic carboxylic acids is 1. The van der Waals surface area contributed by atoms with E-state index >= 15 is 0 Å². The highest BCUT2D eigenvalue weighted by atomic mass is 16.7. The van der Waals surface area contributed by atoms with Crippen LogP contribution in [0, 0.1) is 5.92 Å². The molecule has 1 unspecified atom stereocenters. The van der Waals surface area contributed by atoms with E-state index in [0.29, 0.717) is 22.9 Å². The maximum absolute atomic E-state index is 11.4. The molecule has 0 radical (unpaired) electrons. The summed E-state index contributed by atoms with van der Waals surface area (Å²) in [6.07, 6.45) is 0. The second-order valence-corrected chi connectivity index (χ2v) is 5.04. The summed E-state index contributed by atoms with van der Waals surface area (Å²) >= 11 is 0. The SMILES string of the molecule is CC(C)C(C(=O)O)n1nnnc1-c1ccc2c(c1)OCO2. The van der Waals surface area contributed by atoms with Crippen LogP contribution in [0.5, 0.6) is 11.5 Å². The van der Waals surface area contributed by atoms with Crippen LogP contribution in [0.25, 0.3) is 11.4 Å². The van der Waals surface area contributed by atoms with Gasteiger partial charge in [-0.25, -0.2) is 9.48 Å². The van der Waals surface area contributed by atoms with Gasteiger partial charge in [-0.15, -0.1) is 5.10 Å². The third kappa shape index (κ3) is 2.28. The Morgan fingerprint density at radius 1 is 1.33 bits per heavy atom. The summed E-state index contributed by atoms with van der Waals surface area (Å²) in [4.78, 5) is 11.4. The van der Waals surface area contributed by atoms with Crippen LogP contribution in [0.3, 0.4) is 0 Å². The average molecular weight is 290 g/mol. The van der Waals surface area contributed by atoms with Gasteiger partial charge in [-0.05, 0) is 34.5 Å². The van der Waals surface area contributed by atoms with Crippen LogP contribution in [-0.4, -0.2) is 38.1 Å². The zero-order chi connectivity index (χ0) is 15.0. The van der Waals surface area contributed by atoms with Crippen molar-refractivity contribution in [2.24, 2.45) is 5.92 Å². The summed E-state index contributed by atoms with van der Waals surface area (Å²) in [5.74, 6) is 0.502. The number of nitrogens with zero attached hydrogens (tertiary/aromatic N) is 4. The van der Waals surface area contributed by atoms with E-state index in [1.165, 1.54) is 4.68 Å². The monoisotopic (exact) mass is 290 g/mol. The number of hydrogen-bond donors (Lipinski definition) is 1. The highest BCUT2D eigenvalue weighted by molar-refractivity contribution is 5.73. The normalized spacial score (nSPS) is 14.4. The number of carboxylic acid groups (broad SMARTS) is 1. The molecule has 1 aromatic heterocycles. The number of aromatic nitrogens is 4. The van der Waals surface area contributed by atoms with Gasteiger partial charge in [0.15, 0.2) is 23.4 Å². The highest BCUT2D eigenvalue weighted by Crippen LogP contribution is 2.36. The predicted molar refractivity (Wildman–Crippen MR) is 70.9 cm³/mol. The number of hydrogen-bond acceptors (Lipinski definition) is 6. The van der Waals surface area contributed by atoms with Crippen molar-refractivity contribution < 1.29 is 19.4 Å². The van der Waals surface area contributed by atoms with Crippen molar-refractivity contribution in [1.29, 1.82) is 0 Å². The maximum Gasteiger partial charge on any atom is 0.328 e. The van der Waals surface area contributed by atoms with E-state index in [-0.39, 0.29) is 12.7 Å². The molecule has 1 atom stereocenters. The van der Waals surface area contributed by atoms with Crippen LogP contribution in [0.2, 0.25) is 0 Å². The van der Waals surface area contributed by atoms with E-state index < -0.39 is 12.0 Å². The molecular formula is C13H14N4O4. The van der Waals surface area contributed by atoms with Gasteiger partial charge in [0.25, 0.3) is 0 Å². The Morgan fingerprint density at radius 2 is 2.10 bits per heavy atom. The quantitative estimate of drug-likeness (QED) is 0.907. The molecule has 3 rings (SSSR count). The topological polar surface area (TPSA) is 99.4 Å². The van der Waals surface area contributed by atoms with Crippen LogP contribution in [-0.2, 0) is 4.79 Å². The van der Waals surface area contributed by atoms with E-state index in [1.54, 1.807) is 18.2 Å². The lowest BCUT2D eigenvalue weighted by Crippen LogP contribution is -2.26. The van der Waals surface area contributed by atoms with Crippen LogP contribution in [0.15, 0.2) is 18.2 Å². The summed E-state index contributed by atoms with van der Waals surface area (Å²) < 4.78 is 11.9. The molecule has 0 amide bonds. The molecule has 1 aromatic carbocycles. The third-order valence-electron chi connectivity index (χ3n) is 3.27. The summed E-state index contributed by atoms with van der Waals surface area (Å²) in [6, 6.07) is 4.43. The van der Waals surface area contributed by atoms with Gasteiger partial charge >= 0.3 is 5.97 Å².